The zero-order valence-electron chi connectivity index (χ0n) is 52.3. The number of hydrogen-bond acceptors (Lipinski definition) is 8. The summed E-state index contributed by atoms with van der Waals surface area (Å²) < 4.78 is 11.3. The van der Waals surface area contributed by atoms with Gasteiger partial charge in [-0.15, -0.1) is 0 Å². The topological polar surface area (TPSA) is 149 Å². The number of aliphatic hydroxyl groups excluding tert-OH is 5. The molecular formula is C71H131NO8. The first-order valence-electron chi connectivity index (χ1n) is 34.5. The Morgan fingerprint density at radius 2 is 0.775 bits per heavy atom. The number of amides is 1. The molecule has 7 atom stereocenters. The smallest absolute Gasteiger partial charge is 0.220 e. The molecule has 1 amide bonds. The van der Waals surface area contributed by atoms with E-state index in [0.29, 0.717) is 6.42 Å². The number of unbranched alkanes of at least 4 members (excludes halogenated alkanes) is 42. The van der Waals surface area contributed by atoms with Crippen LogP contribution in [0.25, 0.3) is 0 Å². The Balaban J connectivity index is 2.14. The summed E-state index contributed by atoms with van der Waals surface area (Å²) in [6, 6.07) is -0.809. The third kappa shape index (κ3) is 48.3. The number of allylic oxidation sites excluding steroid dienone is 9. The van der Waals surface area contributed by atoms with Gasteiger partial charge in [0.25, 0.3) is 0 Å². The molecule has 6 N–H and O–H groups in total. The molecule has 9 heteroatoms. The number of carbonyl (C=O) groups excluding carboxylic acids is 1. The summed E-state index contributed by atoms with van der Waals surface area (Å²) in [6.07, 6.45) is 76.1. The van der Waals surface area contributed by atoms with Crippen molar-refractivity contribution in [1.29, 1.82) is 0 Å². The van der Waals surface area contributed by atoms with Crippen LogP contribution >= 0.6 is 0 Å². The summed E-state index contributed by atoms with van der Waals surface area (Å²) in [6.45, 7) is 3.71. The molecule has 1 aliphatic rings. The molecule has 0 radical (unpaired) electrons. The van der Waals surface area contributed by atoms with Crippen LogP contribution in [0.1, 0.15) is 328 Å². The molecule has 0 spiro atoms. The van der Waals surface area contributed by atoms with E-state index < -0.39 is 49.5 Å². The summed E-state index contributed by atoms with van der Waals surface area (Å²) in [7, 11) is 0. The van der Waals surface area contributed by atoms with Crippen molar-refractivity contribution in [3.63, 3.8) is 0 Å². The summed E-state index contributed by atoms with van der Waals surface area (Å²) in [5, 5.41) is 54.8. The summed E-state index contributed by atoms with van der Waals surface area (Å²) in [5.41, 5.74) is 0. The minimum Gasteiger partial charge on any atom is -0.394 e. The van der Waals surface area contributed by atoms with Crippen molar-refractivity contribution in [3.05, 3.63) is 60.8 Å². The lowest BCUT2D eigenvalue weighted by Crippen LogP contribution is -2.60. The van der Waals surface area contributed by atoms with E-state index in [9.17, 15) is 30.3 Å². The Kier molecular flexibility index (Phi) is 57.0. The van der Waals surface area contributed by atoms with Crippen molar-refractivity contribution >= 4 is 5.91 Å². The van der Waals surface area contributed by atoms with Crippen LogP contribution in [0, 0.1) is 0 Å². The molecule has 1 saturated heterocycles. The van der Waals surface area contributed by atoms with E-state index in [2.05, 4.69) is 67.8 Å². The second kappa shape index (κ2) is 60.0. The zero-order valence-corrected chi connectivity index (χ0v) is 52.3. The van der Waals surface area contributed by atoms with Crippen molar-refractivity contribution < 1.29 is 39.8 Å². The molecule has 0 saturated carbocycles. The number of aliphatic hydroxyl groups is 5. The fourth-order valence-electron chi connectivity index (χ4n) is 11.0. The average molecular weight is 1130 g/mol. The monoisotopic (exact) mass is 1130 g/mol. The minimum atomic E-state index is -1.57. The molecule has 1 fully saturated rings. The lowest BCUT2D eigenvalue weighted by atomic mass is 9.99. The summed E-state index contributed by atoms with van der Waals surface area (Å²) in [5.74, 6) is -0.175. The maximum Gasteiger partial charge on any atom is 0.220 e. The highest BCUT2D eigenvalue weighted by Gasteiger charge is 2.44. The molecule has 80 heavy (non-hydrogen) atoms. The molecular weight excluding hydrogens is 995 g/mol. The molecule has 1 aliphatic heterocycles. The fraction of sp³-hybridized carbons (Fsp3) is 0.845. The fourth-order valence-corrected chi connectivity index (χ4v) is 11.0. The minimum absolute atomic E-state index is 0.175. The van der Waals surface area contributed by atoms with Crippen molar-refractivity contribution in [1.82, 2.24) is 5.32 Å². The van der Waals surface area contributed by atoms with Crippen LogP contribution in [0.3, 0.4) is 0 Å². The highest BCUT2D eigenvalue weighted by molar-refractivity contribution is 5.76. The van der Waals surface area contributed by atoms with Gasteiger partial charge in [-0.25, -0.2) is 0 Å². The average Bonchev–Trinajstić information content (AvgIpc) is 3.46. The highest BCUT2D eigenvalue weighted by Crippen LogP contribution is 2.23. The Labute approximate surface area is 494 Å². The Hall–Kier alpha value is -2.11. The van der Waals surface area contributed by atoms with Gasteiger partial charge in [-0.3, -0.25) is 4.79 Å². The Morgan fingerprint density at radius 1 is 0.438 bits per heavy atom. The number of carbonyl (C=O) groups is 1. The van der Waals surface area contributed by atoms with Crippen LogP contribution in [-0.4, -0.2) is 87.5 Å². The van der Waals surface area contributed by atoms with Gasteiger partial charge < -0.3 is 40.3 Å². The highest BCUT2D eigenvalue weighted by atomic mass is 16.7. The van der Waals surface area contributed by atoms with Gasteiger partial charge >= 0.3 is 0 Å². The predicted molar refractivity (Wildman–Crippen MR) is 341 cm³/mol. The second-order valence-corrected chi connectivity index (χ2v) is 23.9. The van der Waals surface area contributed by atoms with Crippen LogP contribution in [0.5, 0.6) is 0 Å². The lowest BCUT2D eigenvalue weighted by molar-refractivity contribution is -0.302. The predicted octanol–water partition coefficient (Wildman–Crippen LogP) is 18.6. The molecule has 0 aromatic heterocycles. The standard InChI is InChI=1S/C71H131NO8/c1-3-5-7-9-11-13-15-17-19-21-23-25-27-29-31-32-33-35-36-38-40-42-44-46-48-50-52-54-56-58-60-65(74)64(63-79-71-70(78)69(77)68(76)66(62-73)80-71)72-67(75)61-59-57-55-53-51-49-47-45-43-41-39-37-34-30-28-26-24-22-20-18-16-14-12-10-8-6-4-2/h6,8,12,14,18,20,24,26,58,60,64-66,68-71,73-74,76-78H,3-5,7,9-11,13,15-17,19,21-23,25,27-57,59,61-63H2,1-2H3,(H,72,75)/b8-6-,14-12-,20-18-,26-24-,60-58+. The third-order valence-corrected chi connectivity index (χ3v) is 16.3. The largest absolute Gasteiger partial charge is 0.394 e. The van der Waals surface area contributed by atoms with Crippen LogP contribution in [0.15, 0.2) is 60.8 Å². The molecule has 0 aromatic carbocycles. The van der Waals surface area contributed by atoms with E-state index in [-0.39, 0.29) is 12.5 Å². The van der Waals surface area contributed by atoms with E-state index >= 15 is 0 Å². The number of hydrogen-bond donors (Lipinski definition) is 6. The maximum atomic E-state index is 13.1. The summed E-state index contributed by atoms with van der Waals surface area (Å²) >= 11 is 0. The van der Waals surface area contributed by atoms with Crippen LogP contribution < -0.4 is 5.32 Å². The first kappa shape index (κ1) is 75.9. The number of ether oxygens (including phenoxy) is 2. The van der Waals surface area contributed by atoms with Gasteiger partial charge in [0.05, 0.1) is 25.4 Å². The lowest BCUT2D eigenvalue weighted by Gasteiger charge is -2.40. The van der Waals surface area contributed by atoms with E-state index in [0.717, 1.165) is 64.2 Å². The molecule has 9 nitrogen and oxygen atoms in total. The molecule has 1 heterocycles. The molecule has 0 aromatic rings. The van der Waals surface area contributed by atoms with E-state index in [1.54, 1.807) is 6.08 Å². The van der Waals surface area contributed by atoms with Crippen LogP contribution in [-0.2, 0) is 14.3 Å². The van der Waals surface area contributed by atoms with Crippen molar-refractivity contribution in [2.75, 3.05) is 13.2 Å². The zero-order chi connectivity index (χ0) is 57.9. The van der Waals surface area contributed by atoms with E-state index in [4.69, 9.17) is 9.47 Å². The Morgan fingerprint density at radius 3 is 1.15 bits per heavy atom. The quantitative estimate of drug-likeness (QED) is 0.0261. The maximum absolute atomic E-state index is 13.1. The van der Waals surface area contributed by atoms with Crippen LogP contribution in [0.2, 0.25) is 0 Å². The van der Waals surface area contributed by atoms with Crippen molar-refractivity contribution in [2.24, 2.45) is 0 Å². The van der Waals surface area contributed by atoms with Gasteiger partial charge in [-0.1, -0.05) is 325 Å². The van der Waals surface area contributed by atoms with Gasteiger partial charge in [0.2, 0.25) is 5.91 Å². The molecule has 7 unspecified atom stereocenters. The molecule has 1 rings (SSSR count). The first-order valence-corrected chi connectivity index (χ1v) is 34.5. The van der Waals surface area contributed by atoms with Gasteiger partial charge in [0, 0.05) is 6.42 Å². The first-order chi connectivity index (χ1) is 39.3. The van der Waals surface area contributed by atoms with E-state index in [1.165, 1.54) is 244 Å². The van der Waals surface area contributed by atoms with E-state index in [1.807, 2.05) is 6.08 Å². The second-order valence-electron chi connectivity index (χ2n) is 23.9. The van der Waals surface area contributed by atoms with Crippen LogP contribution in [0.4, 0.5) is 0 Å². The SMILES string of the molecule is CC/C=C\C/C=C\C/C=C\C/C=C\CCCCCCCCCCCCCCCCC(=O)NC(COC1OC(CO)C(O)C(O)C1O)C(O)/C=C/CCCCCCCCCCCCCCCCCCCCCCCCCCCCCC. The number of nitrogens with one attached hydrogen (secondary N) is 1. The van der Waals surface area contributed by atoms with Gasteiger partial charge in [0.1, 0.15) is 24.4 Å². The number of rotatable bonds is 60. The van der Waals surface area contributed by atoms with Gasteiger partial charge in [-0.2, -0.15) is 0 Å². The normalized spacial score (nSPS) is 18.8. The molecule has 0 aliphatic carbocycles. The molecule has 0 bridgehead atoms. The summed E-state index contributed by atoms with van der Waals surface area (Å²) in [4.78, 5) is 13.1. The van der Waals surface area contributed by atoms with Gasteiger partial charge in [-0.05, 0) is 57.8 Å². The van der Waals surface area contributed by atoms with Gasteiger partial charge in [0.15, 0.2) is 6.29 Å². The Bertz CT molecular complexity index is 1450. The van der Waals surface area contributed by atoms with Crippen molar-refractivity contribution in [2.45, 2.75) is 371 Å². The third-order valence-electron chi connectivity index (χ3n) is 16.3. The van der Waals surface area contributed by atoms with Crippen molar-refractivity contribution in [3.8, 4) is 0 Å². The molecule has 468 valence electrons.